The van der Waals surface area contributed by atoms with Crippen molar-refractivity contribution in [3.05, 3.63) is 23.5 Å². The highest BCUT2D eigenvalue weighted by Gasteiger charge is 2.41. The molecule has 4 nitrogen and oxygen atoms in total. The zero-order valence-corrected chi connectivity index (χ0v) is 9.98. The van der Waals surface area contributed by atoms with Gasteiger partial charge in [0.25, 0.3) is 5.71 Å². The Kier molecular flexibility index (Phi) is 2.35. The Morgan fingerprint density at radius 3 is 3.11 bits per heavy atom. The zero-order chi connectivity index (χ0) is 12.8. The number of aromatic nitrogens is 2. The van der Waals surface area contributed by atoms with Crippen LogP contribution in [-0.4, -0.2) is 33.8 Å². The SMILES string of the molecule is C#CC1(F)CN(Cc2cnc3onc(C)c3c2)C1. The Morgan fingerprint density at radius 1 is 1.61 bits per heavy atom. The second-order valence-electron chi connectivity index (χ2n) is 4.72. The Hall–Kier alpha value is -1.93. The van der Waals surface area contributed by atoms with Crippen LogP contribution in [0.2, 0.25) is 0 Å². The molecule has 0 atom stereocenters. The highest BCUT2D eigenvalue weighted by molar-refractivity contribution is 5.75. The van der Waals surface area contributed by atoms with E-state index in [1.807, 2.05) is 17.9 Å². The largest absolute Gasteiger partial charge is 0.336 e. The van der Waals surface area contributed by atoms with Gasteiger partial charge in [0.2, 0.25) is 0 Å². The molecule has 18 heavy (non-hydrogen) atoms. The van der Waals surface area contributed by atoms with E-state index >= 15 is 0 Å². The van der Waals surface area contributed by atoms with Gasteiger partial charge < -0.3 is 4.52 Å². The first kappa shape index (κ1) is 11.2. The van der Waals surface area contributed by atoms with E-state index in [4.69, 9.17) is 10.9 Å². The predicted molar refractivity (Wildman–Crippen MR) is 64.5 cm³/mol. The van der Waals surface area contributed by atoms with Crippen molar-refractivity contribution in [3.8, 4) is 12.3 Å². The summed E-state index contributed by atoms with van der Waals surface area (Å²) in [5.41, 5.74) is 0.896. The van der Waals surface area contributed by atoms with Crippen LogP contribution < -0.4 is 0 Å². The number of halogens is 1. The summed E-state index contributed by atoms with van der Waals surface area (Å²) in [6, 6.07) is 1.97. The monoisotopic (exact) mass is 245 g/mol. The summed E-state index contributed by atoms with van der Waals surface area (Å²) in [5, 5.41) is 4.75. The van der Waals surface area contributed by atoms with Crippen molar-refractivity contribution >= 4 is 11.1 Å². The van der Waals surface area contributed by atoms with Crippen LogP contribution in [0.25, 0.3) is 11.1 Å². The van der Waals surface area contributed by atoms with Gasteiger partial charge in [-0.05, 0) is 18.6 Å². The number of rotatable bonds is 2. The molecule has 5 heteroatoms. The molecule has 3 heterocycles. The summed E-state index contributed by atoms with van der Waals surface area (Å²) in [7, 11) is 0. The molecule has 0 aromatic carbocycles. The quantitative estimate of drug-likeness (QED) is 0.755. The van der Waals surface area contributed by atoms with E-state index in [1.165, 1.54) is 0 Å². The number of fused-ring (bicyclic) bond motifs is 1. The topological polar surface area (TPSA) is 42.2 Å². The zero-order valence-electron chi connectivity index (χ0n) is 9.98. The van der Waals surface area contributed by atoms with E-state index in [-0.39, 0.29) is 13.1 Å². The average Bonchev–Trinajstić information content (AvgIpc) is 2.69. The van der Waals surface area contributed by atoms with Crippen LogP contribution in [-0.2, 0) is 6.54 Å². The third-order valence-corrected chi connectivity index (χ3v) is 3.18. The van der Waals surface area contributed by atoms with E-state index in [9.17, 15) is 4.39 Å². The van der Waals surface area contributed by atoms with Crippen molar-refractivity contribution in [2.45, 2.75) is 19.1 Å². The van der Waals surface area contributed by atoms with E-state index in [2.05, 4.69) is 16.1 Å². The fraction of sp³-hybridized carbons (Fsp3) is 0.385. The molecule has 1 fully saturated rings. The van der Waals surface area contributed by atoms with Crippen molar-refractivity contribution in [1.82, 2.24) is 15.0 Å². The first-order valence-corrected chi connectivity index (χ1v) is 5.70. The molecule has 0 saturated carbocycles. The van der Waals surface area contributed by atoms with Crippen LogP contribution in [0.15, 0.2) is 16.8 Å². The van der Waals surface area contributed by atoms with E-state index in [1.54, 1.807) is 6.20 Å². The minimum Gasteiger partial charge on any atom is -0.336 e. The highest BCUT2D eigenvalue weighted by atomic mass is 19.1. The van der Waals surface area contributed by atoms with E-state index in [0.29, 0.717) is 12.3 Å². The molecule has 0 unspecified atom stereocenters. The lowest BCUT2D eigenvalue weighted by atomic mass is 9.97. The second-order valence-corrected chi connectivity index (χ2v) is 4.72. The smallest absolute Gasteiger partial charge is 0.257 e. The second kappa shape index (κ2) is 3.79. The molecule has 0 spiro atoms. The third kappa shape index (κ3) is 1.75. The Bertz CT molecular complexity index is 637. The Morgan fingerprint density at radius 2 is 2.39 bits per heavy atom. The maximum Gasteiger partial charge on any atom is 0.257 e. The summed E-state index contributed by atoms with van der Waals surface area (Å²) in [6.07, 6.45) is 6.84. The number of alkyl halides is 1. The van der Waals surface area contributed by atoms with Gasteiger partial charge in [0.05, 0.1) is 11.1 Å². The van der Waals surface area contributed by atoms with E-state index in [0.717, 1.165) is 16.6 Å². The van der Waals surface area contributed by atoms with Gasteiger partial charge in [-0.1, -0.05) is 11.1 Å². The third-order valence-electron chi connectivity index (χ3n) is 3.18. The van der Waals surface area contributed by atoms with Gasteiger partial charge in [-0.3, -0.25) is 4.90 Å². The minimum absolute atomic E-state index is 0.282. The van der Waals surface area contributed by atoms with Gasteiger partial charge in [0, 0.05) is 25.8 Å². The van der Waals surface area contributed by atoms with Crippen molar-refractivity contribution in [2.75, 3.05) is 13.1 Å². The number of hydrogen-bond acceptors (Lipinski definition) is 4. The van der Waals surface area contributed by atoms with E-state index < -0.39 is 5.67 Å². The van der Waals surface area contributed by atoms with Gasteiger partial charge in [0.1, 0.15) is 0 Å². The summed E-state index contributed by atoms with van der Waals surface area (Å²) in [4.78, 5) is 6.13. The standard InChI is InChI=1S/C13H12FN3O/c1-3-13(14)7-17(8-13)6-10-4-11-9(2)16-18-12(11)15-5-10/h1,4-5H,6-8H2,2H3. The maximum absolute atomic E-state index is 13.5. The molecule has 92 valence electrons. The van der Waals surface area contributed by atoms with Crippen LogP contribution >= 0.6 is 0 Å². The predicted octanol–water partition coefficient (Wildman–Crippen LogP) is 1.69. The lowest BCUT2D eigenvalue weighted by Gasteiger charge is -2.41. The van der Waals surface area contributed by atoms with Crippen molar-refractivity contribution in [3.63, 3.8) is 0 Å². The molecular formula is C13H12FN3O. The Labute approximate surface area is 104 Å². The van der Waals surface area contributed by atoms with Gasteiger partial charge in [-0.2, -0.15) is 0 Å². The fourth-order valence-electron chi connectivity index (χ4n) is 2.20. The highest BCUT2D eigenvalue weighted by Crippen LogP contribution is 2.26. The lowest BCUT2D eigenvalue weighted by molar-refractivity contribution is 0.00727. The van der Waals surface area contributed by atoms with Crippen molar-refractivity contribution < 1.29 is 8.91 Å². The first-order valence-electron chi connectivity index (χ1n) is 5.70. The van der Waals surface area contributed by atoms with Crippen LogP contribution in [0.5, 0.6) is 0 Å². The summed E-state index contributed by atoms with van der Waals surface area (Å²) in [5.74, 6) is 2.18. The number of pyridine rings is 1. The molecule has 1 aliphatic heterocycles. The molecule has 3 rings (SSSR count). The van der Waals surface area contributed by atoms with Gasteiger partial charge in [-0.25, -0.2) is 9.37 Å². The molecule has 2 aromatic heterocycles. The average molecular weight is 245 g/mol. The number of hydrogen-bond donors (Lipinski definition) is 0. The molecule has 1 aliphatic rings. The molecule has 2 aromatic rings. The molecule has 0 aliphatic carbocycles. The van der Waals surface area contributed by atoms with Gasteiger partial charge >= 0.3 is 0 Å². The first-order chi connectivity index (χ1) is 8.59. The number of likely N-dealkylation sites (tertiary alicyclic amines) is 1. The molecule has 0 bridgehead atoms. The molecule has 0 amide bonds. The van der Waals surface area contributed by atoms with Crippen LogP contribution in [0.1, 0.15) is 11.3 Å². The van der Waals surface area contributed by atoms with Gasteiger partial charge in [0.15, 0.2) is 5.67 Å². The number of terminal acetylenes is 1. The maximum atomic E-state index is 13.5. The fourth-order valence-corrected chi connectivity index (χ4v) is 2.20. The van der Waals surface area contributed by atoms with Crippen molar-refractivity contribution in [2.24, 2.45) is 0 Å². The van der Waals surface area contributed by atoms with Crippen LogP contribution in [0.3, 0.4) is 0 Å². The summed E-state index contributed by atoms with van der Waals surface area (Å²) >= 11 is 0. The number of nitrogens with zero attached hydrogens (tertiary/aromatic N) is 3. The lowest BCUT2D eigenvalue weighted by Crippen LogP contribution is -2.57. The summed E-state index contributed by atoms with van der Waals surface area (Å²) in [6.45, 7) is 3.07. The molecular weight excluding hydrogens is 233 g/mol. The normalized spacial score (nSPS) is 18.5. The summed E-state index contributed by atoms with van der Waals surface area (Å²) < 4.78 is 18.6. The molecule has 1 saturated heterocycles. The van der Waals surface area contributed by atoms with Crippen LogP contribution in [0, 0.1) is 19.3 Å². The molecule has 0 N–H and O–H groups in total. The molecule has 0 radical (unpaired) electrons. The minimum atomic E-state index is -1.45. The number of aryl methyl sites for hydroxylation is 1. The Balaban J connectivity index is 1.76. The van der Waals surface area contributed by atoms with Gasteiger partial charge in [-0.15, -0.1) is 6.42 Å². The van der Waals surface area contributed by atoms with Crippen LogP contribution in [0.4, 0.5) is 4.39 Å². The van der Waals surface area contributed by atoms with Crippen molar-refractivity contribution in [1.29, 1.82) is 0 Å².